The first kappa shape index (κ1) is 17.1. The van der Waals surface area contributed by atoms with E-state index < -0.39 is 0 Å². The van der Waals surface area contributed by atoms with Crippen LogP contribution in [-0.4, -0.2) is 30.5 Å². The topological polar surface area (TPSA) is 41.6 Å². The molecule has 0 aliphatic heterocycles. The van der Waals surface area contributed by atoms with Crippen LogP contribution in [0.25, 0.3) is 0 Å². The van der Waals surface area contributed by atoms with Crippen LogP contribution in [0.1, 0.15) is 28.8 Å². The number of ether oxygens (including phenoxy) is 1. The van der Waals surface area contributed by atoms with Crippen molar-refractivity contribution in [1.29, 1.82) is 0 Å². The van der Waals surface area contributed by atoms with E-state index in [1.54, 1.807) is 18.4 Å². The lowest BCUT2D eigenvalue weighted by molar-refractivity contribution is -0.122. The van der Waals surface area contributed by atoms with E-state index in [2.05, 4.69) is 33.8 Å². The summed E-state index contributed by atoms with van der Waals surface area (Å²) in [6, 6.07) is 12.9. The third-order valence-corrected chi connectivity index (χ3v) is 5.00. The monoisotopic (exact) mass is 344 g/mol. The number of hydrogen-bond acceptors (Lipinski definition) is 4. The Balaban J connectivity index is 1.49. The first-order valence-corrected chi connectivity index (χ1v) is 9.22. The molecule has 0 radical (unpaired) electrons. The largest absolute Gasteiger partial charge is 0.380 e. The highest BCUT2D eigenvalue weighted by atomic mass is 32.1. The first-order chi connectivity index (χ1) is 11.7. The average Bonchev–Trinajstić information content (AvgIpc) is 3.31. The minimum Gasteiger partial charge on any atom is -0.380 e. The molecular formula is C19H24N2O2S. The molecule has 1 aliphatic carbocycles. The second-order valence-corrected chi connectivity index (χ2v) is 7.28. The molecule has 128 valence electrons. The molecule has 1 aliphatic rings. The molecule has 1 aromatic heterocycles. The van der Waals surface area contributed by atoms with Crippen LogP contribution in [0.2, 0.25) is 0 Å². The zero-order valence-corrected chi connectivity index (χ0v) is 14.8. The van der Waals surface area contributed by atoms with Crippen LogP contribution in [0.5, 0.6) is 0 Å². The number of carbonyl (C=O) groups excluding carboxylic acids is 1. The lowest BCUT2D eigenvalue weighted by Crippen LogP contribution is -2.37. The molecule has 0 saturated heterocycles. The van der Waals surface area contributed by atoms with Gasteiger partial charge in [-0.25, -0.2) is 0 Å². The van der Waals surface area contributed by atoms with Gasteiger partial charge >= 0.3 is 0 Å². The smallest absolute Gasteiger partial charge is 0.234 e. The summed E-state index contributed by atoms with van der Waals surface area (Å²) in [7, 11) is 1.69. The average molecular weight is 344 g/mol. The van der Waals surface area contributed by atoms with E-state index >= 15 is 0 Å². The Bertz CT molecular complexity index is 653. The van der Waals surface area contributed by atoms with Gasteiger partial charge in [0.15, 0.2) is 0 Å². The molecule has 24 heavy (non-hydrogen) atoms. The van der Waals surface area contributed by atoms with E-state index in [0.29, 0.717) is 25.7 Å². The summed E-state index contributed by atoms with van der Waals surface area (Å²) < 4.78 is 5.15. The van der Waals surface area contributed by atoms with Crippen LogP contribution in [0, 0.1) is 0 Å². The zero-order valence-electron chi connectivity index (χ0n) is 14.0. The van der Waals surface area contributed by atoms with E-state index in [1.165, 1.54) is 17.7 Å². The van der Waals surface area contributed by atoms with Gasteiger partial charge in [0.05, 0.1) is 13.2 Å². The Morgan fingerprint density at radius 1 is 1.29 bits per heavy atom. The zero-order chi connectivity index (χ0) is 16.8. The third-order valence-electron chi connectivity index (χ3n) is 4.14. The van der Waals surface area contributed by atoms with Gasteiger partial charge in [0, 0.05) is 31.1 Å². The van der Waals surface area contributed by atoms with Crippen molar-refractivity contribution in [2.75, 3.05) is 13.7 Å². The summed E-state index contributed by atoms with van der Waals surface area (Å²) in [5, 5.41) is 5.13. The summed E-state index contributed by atoms with van der Waals surface area (Å²) in [4.78, 5) is 15.9. The standard InChI is InChI=1S/C19H24N2O2S/c1-23-14-16-5-2-4-15(10-16)11-20-19(22)13-21(17-7-8-17)12-18-6-3-9-24-18/h2-6,9-10,17H,7-8,11-14H2,1H3,(H,20,22). The molecule has 1 fully saturated rings. The SMILES string of the molecule is COCc1cccc(CNC(=O)CN(Cc2cccs2)C2CC2)c1. The Morgan fingerprint density at radius 2 is 2.12 bits per heavy atom. The highest BCUT2D eigenvalue weighted by molar-refractivity contribution is 7.09. The fourth-order valence-corrected chi connectivity index (χ4v) is 3.52. The van der Waals surface area contributed by atoms with E-state index in [0.717, 1.165) is 17.7 Å². The van der Waals surface area contributed by atoms with E-state index in [9.17, 15) is 4.79 Å². The Hall–Kier alpha value is -1.69. The fraction of sp³-hybridized carbons (Fsp3) is 0.421. The van der Waals surface area contributed by atoms with Crippen molar-refractivity contribution in [3.05, 3.63) is 57.8 Å². The molecule has 0 bridgehead atoms. The molecule has 3 rings (SSSR count). The summed E-state index contributed by atoms with van der Waals surface area (Å²) >= 11 is 1.75. The van der Waals surface area contributed by atoms with Gasteiger partial charge in [0.1, 0.15) is 0 Å². The Kier molecular flexibility index (Phi) is 6.01. The van der Waals surface area contributed by atoms with Gasteiger partial charge in [0.2, 0.25) is 5.91 Å². The number of benzene rings is 1. The van der Waals surface area contributed by atoms with E-state index in [4.69, 9.17) is 4.74 Å². The number of thiophene rings is 1. The van der Waals surface area contributed by atoms with Crippen LogP contribution >= 0.6 is 11.3 Å². The minimum atomic E-state index is 0.0931. The lowest BCUT2D eigenvalue weighted by Gasteiger charge is -2.20. The van der Waals surface area contributed by atoms with Gasteiger partial charge in [-0.15, -0.1) is 11.3 Å². The van der Waals surface area contributed by atoms with Gasteiger partial charge < -0.3 is 10.1 Å². The molecule has 1 aromatic carbocycles. The van der Waals surface area contributed by atoms with Crippen LogP contribution in [0.4, 0.5) is 0 Å². The van der Waals surface area contributed by atoms with Crippen molar-refractivity contribution in [1.82, 2.24) is 10.2 Å². The van der Waals surface area contributed by atoms with Crippen molar-refractivity contribution in [3.63, 3.8) is 0 Å². The molecular weight excluding hydrogens is 320 g/mol. The van der Waals surface area contributed by atoms with Crippen molar-refractivity contribution < 1.29 is 9.53 Å². The van der Waals surface area contributed by atoms with E-state index in [-0.39, 0.29) is 5.91 Å². The number of rotatable bonds is 9. The normalized spacial score (nSPS) is 14.1. The summed E-state index contributed by atoms with van der Waals surface area (Å²) in [5.41, 5.74) is 2.23. The molecule has 1 saturated carbocycles. The fourth-order valence-electron chi connectivity index (χ4n) is 2.79. The minimum absolute atomic E-state index is 0.0931. The molecule has 0 spiro atoms. The van der Waals surface area contributed by atoms with Crippen molar-refractivity contribution in [2.45, 2.75) is 38.6 Å². The van der Waals surface area contributed by atoms with Gasteiger partial charge in [-0.05, 0) is 35.4 Å². The predicted octanol–water partition coefficient (Wildman–Crippen LogP) is 3.18. The molecule has 0 atom stereocenters. The van der Waals surface area contributed by atoms with E-state index in [1.807, 2.05) is 18.2 Å². The van der Waals surface area contributed by atoms with Gasteiger partial charge in [-0.1, -0.05) is 30.3 Å². The summed E-state index contributed by atoms with van der Waals surface area (Å²) in [5.74, 6) is 0.0931. The first-order valence-electron chi connectivity index (χ1n) is 8.34. The number of nitrogens with one attached hydrogen (secondary N) is 1. The molecule has 1 amide bonds. The maximum atomic E-state index is 12.3. The highest BCUT2D eigenvalue weighted by Crippen LogP contribution is 2.28. The number of carbonyl (C=O) groups is 1. The Morgan fingerprint density at radius 3 is 2.83 bits per heavy atom. The number of hydrogen-bond donors (Lipinski definition) is 1. The Labute approximate surface area is 147 Å². The summed E-state index contributed by atoms with van der Waals surface area (Å²) in [6.45, 7) is 2.51. The van der Waals surface area contributed by atoms with Crippen molar-refractivity contribution in [2.24, 2.45) is 0 Å². The second kappa shape index (κ2) is 8.42. The molecule has 1 N–H and O–H groups in total. The maximum Gasteiger partial charge on any atom is 0.234 e. The summed E-state index contributed by atoms with van der Waals surface area (Å²) in [6.07, 6.45) is 2.41. The molecule has 5 heteroatoms. The maximum absolute atomic E-state index is 12.3. The molecule has 4 nitrogen and oxygen atoms in total. The molecule has 0 unspecified atom stereocenters. The van der Waals surface area contributed by atoms with Gasteiger partial charge in [-0.3, -0.25) is 9.69 Å². The van der Waals surface area contributed by atoms with Crippen LogP contribution in [0.3, 0.4) is 0 Å². The molecule has 1 heterocycles. The number of amides is 1. The van der Waals surface area contributed by atoms with Gasteiger partial charge in [0.25, 0.3) is 0 Å². The van der Waals surface area contributed by atoms with Gasteiger partial charge in [-0.2, -0.15) is 0 Å². The number of nitrogens with zero attached hydrogens (tertiary/aromatic N) is 1. The van der Waals surface area contributed by atoms with Crippen molar-refractivity contribution >= 4 is 17.2 Å². The van der Waals surface area contributed by atoms with Crippen LogP contribution < -0.4 is 5.32 Å². The predicted molar refractivity (Wildman–Crippen MR) is 96.8 cm³/mol. The van der Waals surface area contributed by atoms with Crippen LogP contribution in [-0.2, 0) is 29.2 Å². The quantitative estimate of drug-likeness (QED) is 0.760. The van der Waals surface area contributed by atoms with Crippen LogP contribution in [0.15, 0.2) is 41.8 Å². The highest BCUT2D eigenvalue weighted by Gasteiger charge is 2.30. The molecule has 2 aromatic rings. The lowest BCUT2D eigenvalue weighted by atomic mass is 10.1. The third kappa shape index (κ3) is 5.16. The van der Waals surface area contributed by atoms with Crippen molar-refractivity contribution in [3.8, 4) is 0 Å². The second-order valence-electron chi connectivity index (χ2n) is 6.25. The number of methoxy groups -OCH3 is 1.